The van der Waals surface area contributed by atoms with E-state index in [1.54, 1.807) is 16.7 Å². The van der Waals surface area contributed by atoms with Gasteiger partial charge < -0.3 is 0 Å². The zero-order valence-corrected chi connectivity index (χ0v) is 17.0. The van der Waals surface area contributed by atoms with E-state index >= 15 is 0 Å². The molecule has 5 heteroatoms. The molecule has 0 bridgehead atoms. The average molecular weight is 398 g/mol. The van der Waals surface area contributed by atoms with E-state index in [0.717, 1.165) is 22.4 Å². The van der Waals surface area contributed by atoms with Gasteiger partial charge in [0.05, 0.1) is 28.2 Å². The number of nitriles is 1. The van der Waals surface area contributed by atoms with Crippen LogP contribution in [0.3, 0.4) is 0 Å². The summed E-state index contributed by atoms with van der Waals surface area (Å²) in [6.07, 6.45) is 0. The lowest BCUT2D eigenvalue weighted by Gasteiger charge is -2.15. The van der Waals surface area contributed by atoms with E-state index in [-0.39, 0.29) is 5.56 Å². The number of hydrogen-bond donors (Lipinski definition) is 0. The average Bonchev–Trinajstić information content (AvgIpc) is 2.73. The van der Waals surface area contributed by atoms with Gasteiger partial charge in [0.15, 0.2) is 5.16 Å². The number of fused-ring (bicyclic) bond motifs is 1. The maximum Gasteiger partial charge on any atom is 0.266 e. The molecule has 4 nitrogen and oxygen atoms in total. The Morgan fingerprint density at radius 2 is 1.79 bits per heavy atom. The SMILES string of the molecule is Cc1ccc(-n2c(SCc3ccc(C#N)cc3)nc3ccccc3c2=O)c(C)c1. The Kier molecular flexibility index (Phi) is 5.20. The molecule has 0 radical (unpaired) electrons. The number of aromatic nitrogens is 2. The van der Waals surface area contributed by atoms with Crippen molar-refractivity contribution < 1.29 is 0 Å². The van der Waals surface area contributed by atoms with Crippen molar-refractivity contribution in [2.75, 3.05) is 0 Å². The van der Waals surface area contributed by atoms with Gasteiger partial charge in [-0.15, -0.1) is 0 Å². The molecule has 4 rings (SSSR count). The molecular weight excluding hydrogens is 378 g/mol. The Morgan fingerprint density at radius 3 is 2.52 bits per heavy atom. The highest BCUT2D eigenvalue weighted by Crippen LogP contribution is 2.26. The molecule has 0 atom stereocenters. The van der Waals surface area contributed by atoms with Crippen molar-refractivity contribution in [2.24, 2.45) is 0 Å². The minimum atomic E-state index is -0.0649. The monoisotopic (exact) mass is 397 g/mol. The summed E-state index contributed by atoms with van der Waals surface area (Å²) in [7, 11) is 0. The second-order valence-electron chi connectivity index (χ2n) is 6.94. The van der Waals surface area contributed by atoms with E-state index in [1.165, 1.54) is 11.8 Å². The van der Waals surface area contributed by atoms with Crippen LogP contribution in [0.4, 0.5) is 0 Å². The van der Waals surface area contributed by atoms with Crippen molar-refractivity contribution in [1.82, 2.24) is 9.55 Å². The van der Waals surface area contributed by atoms with Crippen LogP contribution in [-0.2, 0) is 5.75 Å². The lowest BCUT2D eigenvalue weighted by atomic mass is 10.1. The third-order valence-corrected chi connectivity index (χ3v) is 5.80. The van der Waals surface area contributed by atoms with Crippen LogP contribution in [0, 0.1) is 25.2 Å². The summed E-state index contributed by atoms with van der Waals surface area (Å²) in [5.74, 6) is 0.654. The van der Waals surface area contributed by atoms with E-state index < -0.39 is 0 Å². The normalized spacial score (nSPS) is 10.8. The highest BCUT2D eigenvalue weighted by molar-refractivity contribution is 7.98. The molecule has 3 aromatic carbocycles. The molecule has 0 saturated carbocycles. The van der Waals surface area contributed by atoms with E-state index in [0.29, 0.717) is 27.4 Å². The number of hydrogen-bond acceptors (Lipinski definition) is 4. The Hall–Kier alpha value is -3.36. The molecule has 0 unspecified atom stereocenters. The van der Waals surface area contributed by atoms with Crippen LogP contribution in [-0.4, -0.2) is 9.55 Å². The number of thioether (sulfide) groups is 1. The van der Waals surface area contributed by atoms with Crippen LogP contribution >= 0.6 is 11.8 Å². The molecule has 0 aliphatic carbocycles. The summed E-state index contributed by atoms with van der Waals surface area (Å²) in [5.41, 5.74) is 5.37. The van der Waals surface area contributed by atoms with Gasteiger partial charge in [0.25, 0.3) is 5.56 Å². The molecule has 0 amide bonds. The van der Waals surface area contributed by atoms with E-state index in [2.05, 4.69) is 12.1 Å². The van der Waals surface area contributed by atoms with Crippen LogP contribution in [0.25, 0.3) is 16.6 Å². The van der Waals surface area contributed by atoms with Crippen molar-refractivity contribution in [3.05, 3.63) is 99.3 Å². The van der Waals surface area contributed by atoms with E-state index in [1.807, 2.05) is 62.4 Å². The van der Waals surface area contributed by atoms with Gasteiger partial charge >= 0.3 is 0 Å². The summed E-state index contributed by atoms with van der Waals surface area (Å²) in [6, 6.07) is 23.1. The number of aryl methyl sites for hydroxylation is 2. The van der Waals surface area contributed by atoms with Gasteiger partial charge in [0.1, 0.15) is 0 Å². The van der Waals surface area contributed by atoms with Gasteiger partial charge in [-0.25, -0.2) is 4.98 Å². The zero-order chi connectivity index (χ0) is 20.4. The van der Waals surface area contributed by atoms with Crippen LogP contribution in [0.1, 0.15) is 22.3 Å². The minimum absolute atomic E-state index is 0.0649. The van der Waals surface area contributed by atoms with Gasteiger partial charge in [0.2, 0.25) is 0 Å². The standard InChI is InChI=1S/C24H19N3OS/c1-16-7-12-22(17(2)13-16)27-23(28)20-5-3-4-6-21(20)26-24(27)29-15-19-10-8-18(14-25)9-11-19/h3-13H,15H2,1-2H3. The second-order valence-corrected chi connectivity index (χ2v) is 7.88. The molecule has 0 fully saturated rings. The van der Waals surface area contributed by atoms with Crippen molar-refractivity contribution in [1.29, 1.82) is 5.26 Å². The fourth-order valence-electron chi connectivity index (χ4n) is 3.30. The van der Waals surface area contributed by atoms with Gasteiger partial charge in [-0.1, -0.05) is 53.7 Å². The summed E-state index contributed by atoms with van der Waals surface area (Å²) in [6.45, 7) is 4.05. The third-order valence-electron chi connectivity index (χ3n) is 4.79. The van der Waals surface area contributed by atoms with Gasteiger partial charge in [0, 0.05) is 5.75 Å². The maximum atomic E-state index is 13.4. The molecule has 1 aromatic heterocycles. The number of rotatable bonds is 4. The second kappa shape index (κ2) is 7.94. The summed E-state index contributed by atoms with van der Waals surface area (Å²) in [4.78, 5) is 18.2. The molecule has 142 valence electrons. The van der Waals surface area contributed by atoms with E-state index in [4.69, 9.17) is 10.2 Å². The Balaban J connectivity index is 1.82. The summed E-state index contributed by atoms with van der Waals surface area (Å²) >= 11 is 1.52. The molecule has 0 aliphatic heterocycles. The van der Waals surface area contributed by atoms with Crippen LogP contribution in [0.15, 0.2) is 76.7 Å². The Bertz CT molecular complexity index is 1300. The summed E-state index contributed by atoms with van der Waals surface area (Å²) < 4.78 is 1.71. The molecule has 1 heterocycles. The molecule has 0 N–H and O–H groups in total. The third kappa shape index (κ3) is 3.80. The molecule has 0 saturated heterocycles. The van der Waals surface area contributed by atoms with Crippen molar-refractivity contribution in [2.45, 2.75) is 24.8 Å². The van der Waals surface area contributed by atoms with Gasteiger partial charge in [-0.2, -0.15) is 5.26 Å². The highest BCUT2D eigenvalue weighted by atomic mass is 32.2. The largest absolute Gasteiger partial charge is 0.268 e. The lowest BCUT2D eigenvalue weighted by molar-refractivity contribution is 0.814. The number of nitrogens with zero attached hydrogens (tertiary/aromatic N) is 3. The number of para-hydroxylation sites is 1. The Labute approximate surface area is 173 Å². The predicted octanol–water partition coefficient (Wildman–Crippen LogP) is 5.17. The first-order valence-corrected chi connectivity index (χ1v) is 10.3. The molecule has 0 spiro atoms. The smallest absolute Gasteiger partial charge is 0.266 e. The lowest BCUT2D eigenvalue weighted by Crippen LogP contribution is -2.22. The molecular formula is C24H19N3OS. The van der Waals surface area contributed by atoms with Crippen LogP contribution < -0.4 is 5.56 Å². The zero-order valence-electron chi connectivity index (χ0n) is 16.2. The predicted molar refractivity (Wildman–Crippen MR) is 118 cm³/mol. The van der Waals surface area contributed by atoms with E-state index in [9.17, 15) is 4.79 Å². The Morgan fingerprint density at radius 1 is 1.03 bits per heavy atom. The first-order chi connectivity index (χ1) is 14.1. The van der Waals surface area contributed by atoms with Gasteiger partial charge in [-0.05, 0) is 55.3 Å². The molecule has 4 aromatic rings. The molecule has 0 aliphatic rings. The van der Waals surface area contributed by atoms with Crippen LogP contribution in [0.2, 0.25) is 0 Å². The van der Waals surface area contributed by atoms with Crippen molar-refractivity contribution in [3.63, 3.8) is 0 Å². The number of benzene rings is 3. The quantitative estimate of drug-likeness (QED) is 0.352. The van der Waals surface area contributed by atoms with Crippen molar-refractivity contribution >= 4 is 22.7 Å². The maximum absolute atomic E-state index is 13.4. The fraction of sp³-hybridized carbons (Fsp3) is 0.125. The van der Waals surface area contributed by atoms with Gasteiger partial charge in [-0.3, -0.25) is 9.36 Å². The van der Waals surface area contributed by atoms with Crippen LogP contribution in [0.5, 0.6) is 0 Å². The fourth-order valence-corrected chi connectivity index (χ4v) is 4.26. The molecule has 29 heavy (non-hydrogen) atoms. The highest BCUT2D eigenvalue weighted by Gasteiger charge is 2.15. The summed E-state index contributed by atoms with van der Waals surface area (Å²) in [5, 5.41) is 10.2. The first kappa shape index (κ1) is 19.0. The minimum Gasteiger partial charge on any atom is -0.268 e. The topological polar surface area (TPSA) is 58.7 Å². The first-order valence-electron chi connectivity index (χ1n) is 9.28. The van der Waals surface area contributed by atoms with Crippen molar-refractivity contribution in [3.8, 4) is 11.8 Å².